The Morgan fingerprint density at radius 3 is 2.89 bits per heavy atom. The quantitative estimate of drug-likeness (QED) is 0.826. The number of nitrogens with zero attached hydrogens (tertiary/aromatic N) is 1. The molecule has 1 aliphatic heterocycles. The highest BCUT2D eigenvalue weighted by Gasteiger charge is 2.27. The lowest BCUT2D eigenvalue weighted by molar-refractivity contribution is -0.137. The average Bonchev–Trinajstić information content (AvgIpc) is 2.84. The predicted octanol–water partition coefficient (Wildman–Crippen LogP) is 2.62. The molecule has 102 valence electrons. The van der Waals surface area contributed by atoms with Crippen molar-refractivity contribution in [3.8, 4) is 0 Å². The fraction of sp³-hybridized carbons (Fsp3) is 0.429. The maximum absolute atomic E-state index is 12.3. The molecular weight excluding hydrogens is 357 g/mol. The van der Waals surface area contributed by atoms with Gasteiger partial charge < -0.3 is 10.0 Å². The lowest BCUT2D eigenvalue weighted by Crippen LogP contribution is -2.28. The largest absolute Gasteiger partial charge is 0.481 e. The molecule has 0 aliphatic carbocycles. The molecule has 5 heteroatoms. The van der Waals surface area contributed by atoms with E-state index in [1.165, 1.54) is 0 Å². The fourth-order valence-corrected chi connectivity index (χ4v) is 2.93. The zero-order valence-electron chi connectivity index (χ0n) is 10.5. The first kappa shape index (κ1) is 14.3. The zero-order valence-corrected chi connectivity index (χ0v) is 12.7. The Bertz CT molecular complexity index is 489. The van der Waals surface area contributed by atoms with E-state index in [4.69, 9.17) is 5.11 Å². The number of rotatable bonds is 4. The number of halogens is 1. The summed E-state index contributed by atoms with van der Waals surface area (Å²) in [5.41, 5.74) is 0.714. The molecular formula is C14H16INO3. The van der Waals surface area contributed by atoms with Crippen molar-refractivity contribution in [2.24, 2.45) is 5.92 Å². The molecule has 1 amide bonds. The van der Waals surface area contributed by atoms with Crippen LogP contribution >= 0.6 is 22.6 Å². The highest BCUT2D eigenvalue weighted by atomic mass is 127. The SMILES string of the molecule is O=C(O)CCC1CCN(C(=O)c2cccc(I)c2)C1. The summed E-state index contributed by atoms with van der Waals surface area (Å²) in [7, 11) is 0. The second kappa shape index (κ2) is 6.36. The van der Waals surface area contributed by atoms with E-state index < -0.39 is 5.97 Å². The van der Waals surface area contributed by atoms with Crippen LogP contribution in [0.15, 0.2) is 24.3 Å². The Labute approximate surface area is 125 Å². The molecule has 1 saturated heterocycles. The average molecular weight is 373 g/mol. The van der Waals surface area contributed by atoms with Crippen LogP contribution in [0.4, 0.5) is 0 Å². The van der Waals surface area contributed by atoms with Crippen LogP contribution in [0.1, 0.15) is 29.6 Å². The Hall–Kier alpha value is -1.11. The van der Waals surface area contributed by atoms with Gasteiger partial charge in [0.2, 0.25) is 0 Å². The topological polar surface area (TPSA) is 57.6 Å². The number of hydrogen-bond donors (Lipinski definition) is 1. The van der Waals surface area contributed by atoms with E-state index in [2.05, 4.69) is 22.6 Å². The molecule has 1 aromatic rings. The van der Waals surface area contributed by atoms with Crippen LogP contribution in [0.2, 0.25) is 0 Å². The van der Waals surface area contributed by atoms with Gasteiger partial charge in [0.15, 0.2) is 0 Å². The number of likely N-dealkylation sites (tertiary alicyclic amines) is 1. The van der Waals surface area contributed by atoms with Crippen molar-refractivity contribution in [1.29, 1.82) is 0 Å². The third-order valence-corrected chi connectivity index (χ3v) is 4.08. The van der Waals surface area contributed by atoms with Crippen molar-refractivity contribution < 1.29 is 14.7 Å². The van der Waals surface area contributed by atoms with Crippen molar-refractivity contribution in [3.63, 3.8) is 0 Å². The summed E-state index contributed by atoms with van der Waals surface area (Å²) in [6, 6.07) is 7.55. The molecule has 1 heterocycles. The minimum atomic E-state index is -0.762. The van der Waals surface area contributed by atoms with Crippen LogP contribution in [-0.4, -0.2) is 35.0 Å². The van der Waals surface area contributed by atoms with Gasteiger partial charge in [0.05, 0.1) is 0 Å². The van der Waals surface area contributed by atoms with Crippen molar-refractivity contribution >= 4 is 34.5 Å². The third-order valence-electron chi connectivity index (χ3n) is 3.41. The molecule has 0 aromatic heterocycles. The van der Waals surface area contributed by atoms with Crippen LogP contribution in [0.25, 0.3) is 0 Å². The van der Waals surface area contributed by atoms with E-state index in [0.717, 1.165) is 16.5 Å². The number of carbonyl (C=O) groups excluding carboxylic acids is 1. The predicted molar refractivity (Wildman–Crippen MR) is 80.0 cm³/mol. The van der Waals surface area contributed by atoms with E-state index >= 15 is 0 Å². The number of carboxylic acids is 1. The first-order valence-electron chi connectivity index (χ1n) is 6.33. The Morgan fingerprint density at radius 1 is 1.42 bits per heavy atom. The maximum Gasteiger partial charge on any atom is 0.303 e. The van der Waals surface area contributed by atoms with Gasteiger partial charge in [-0.05, 0) is 59.5 Å². The first-order valence-corrected chi connectivity index (χ1v) is 7.41. The van der Waals surface area contributed by atoms with E-state index in [-0.39, 0.29) is 12.3 Å². The molecule has 1 N–H and O–H groups in total. The number of aliphatic carboxylic acids is 1. The molecule has 0 bridgehead atoms. The first-order chi connectivity index (χ1) is 9.06. The molecule has 1 aromatic carbocycles. The lowest BCUT2D eigenvalue weighted by atomic mass is 10.0. The smallest absolute Gasteiger partial charge is 0.303 e. The van der Waals surface area contributed by atoms with Gasteiger partial charge in [-0.1, -0.05) is 6.07 Å². The zero-order chi connectivity index (χ0) is 13.8. The molecule has 1 unspecified atom stereocenters. The fourth-order valence-electron chi connectivity index (χ4n) is 2.38. The van der Waals surface area contributed by atoms with Crippen LogP contribution in [-0.2, 0) is 4.79 Å². The van der Waals surface area contributed by atoms with Crippen LogP contribution in [0, 0.1) is 9.49 Å². The van der Waals surface area contributed by atoms with Gasteiger partial charge in [-0.15, -0.1) is 0 Å². The summed E-state index contributed by atoms with van der Waals surface area (Å²) in [6.07, 6.45) is 1.75. The Morgan fingerprint density at radius 2 is 2.21 bits per heavy atom. The van der Waals surface area contributed by atoms with Gasteiger partial charge in [0.1, 0.15) is 0 Å². The molecule has 2 rings (SSSR count). The minimum Gasteiger partial charge on any atom is -0.481 e. The van der Waals surface area contributed by atoms with Gasteiger partial charge in [0.25, 0.3) is 5.91 Å². The highest BCUT2D eigenvalue weighted by Crippen LogP contribution is 2.23. The normalized spacial score (nSPS) is 18.6. The van der Waals surface area contributed by atoms with Gasteiger partial charge in [-0.2, -0.15) is 0 Å². The van der Waals surface area contributed by atoms with Crippen molar-refractivity contribution in [2.75, 3.05) is 13.1 Å². The summed E-state index contributed by atoms with van der Waals surface area (Å²) < 4.78 is 1.05. The third kappa shape index (κ3) is 3.92. The standard InChI is InChI=1S/C14H16INO3/c15-12-3-1-2-11(8-12)14(19)16-7-6-10(9-16)4-5-13(17)18/h1-3,8,10H,4-7,9H2,(H,17,18). The lowest BCUT2D eigenvalue weighted by Gasteiger charge is -2.16. The Balaban J connectivity index is 1.93. The van der Waals surface area contributed by atoms with Gasteiger partial charge >= 0.3 is 5.97 Å². The summed E-state index contributed by atoms with van der Waals surface area (Å²) in [5, 5.41) is 8.68. The van der Waals surface area contributed by atoms with Crippen molar-refractivity contribution in [1.82, 2.24) is 4.90 Å². The van der Waals surface area contributed by atoms with Gasteiger partial charge in [-0.3, -0.25) is 9.59 Å². The summed E-state index contributed by atoms with van der Waals surface area (Å²) in [6.45, 7) is 1.41. The van der Waals surface area contributed by atoms with Crippen LogP contribution in [0.5, 0.6) is 0 Å². The summed E-state index contributed by atoms with van der Waals surface area (Å²) in [5.74, 6) is -0.387. The van der Waals surface area contributed by atoms with Crippen molar-refractivity contribution in [2.45, 2.75) is 19.3 Å². The highest BCUT2D eigenvalue weighted by molar-refractivity contribution is 14.1. The number of hydrogen-bond acceptors (Lipinski definition) is 2. The van der Waals surface area contributed by atoms with E-state index in [0.29, 0.717) is 24.4 Å². The number of benzene rings is 1. The molecule has 0 spiro atoms. The van der Waals surface area contributed by atoms with E-state index in [1.54, 1.807) is 0 Å². The van der Waals surface area contributed by atoms with Gasteiger partial charge in [-0.25, -0.2) is 0 Å². The number of amides is 1. The monoisotopic (exact) mass is 373 g/mol. The molecule has 0 radical (unpaired) electrons. The van der Waals surface area contributed by atoms with Gasteiger partial charge in [0, 0.05) is 28.6 Å². The molecule has 0 saturated carbocycles. The molecule has 1 aliphatic rings. The van der Waals surface area contributed by atoms with Crippen LogP contribution in [0.3, 0.4) is 0 Å². The summed E-state index contributed by atoms with van der Waals surface area (Å²) >= 11 is 2.19. The van der Waals surface area contributed by atoms with Crippen molar-refractivity contribution in [3.05, 3.63) is 33.4 Å². The number of carboxylic acid groups (broad SMARTS) is 1. The summed E-state index contributed by atoms with van der Waals surface area (Å²) in [4.78, 5) is 24.7. The molecule has 1 atom stereocenters. The van der Waals surface area contributed by atoms with Crippen LogP contribution < -0.4 is 0 Å². The number of carbonyl (C=O) groups is 2. The molecule has 1 fully saturated rings. The molecule has 19 heavy (non-hydrogen) atoms. The molecule has 4 nitrogen and oxygen atoms in total. The maximum atomic E-state index is 12.3. The van der Waals surface area contributed by atoms with E-state index in [1.807, 2.05) is 29.2 Å². The Kier molecular flexibility index (Phi) is 4.79. The van der Waals surface area contributed by atoms with E-state index in [9.17, 15) is 9.59 Å². The second-order valence-corrected chi connectivity index (χ2v) is 6.09. The second-order valence-electron chi connectivity index (χ2n) is 4.85. The minimum absolute atomic E-state index is 0.0522.